The first-order valence-electron chi connectivity index (χ1n) is 13.8. The molecule has 0 heterocycles. The summed E-state index contributed by atoms with van der Waals surface area (Å²) < 4.78 is 86.6. The highest BCUT2D eigenvalue weighted by Gasteiger charge is 2.35. The number of aliphatic hydroxyl groups excluding tert-OH is 1. The van der Waals surface area contributed by atoms with Crippen LogP contribution in [0.4, 0.5) is 0 Å². The molecule has 3 unspecified atom stereocenters. The third-order valence-electron chi connectivity index (χ3n) is 3.86. The molecule has 0 radical (unpaired) electrons. The summed E-state index contributed by atoms with van der Waals surface area (Å²) in [5, 5.41) is 8.19. The topological polar surface area (TPSA) is 424 Å². The molecular weight excluding hydrogens is 871 g/mol. The summed E-state index contributed by atoms with van der Waals surface area (Å²) >= 11 is 0. The van der Waals surface area contributed by atoms with E-state index in [1.807, 2.05) is 0 Å². The maximum absolute atomic E-state index is 11.5. The van der Waals surface area contributed by atoms with Crippen LogP contribution < -0.4 is 4.89 Å². The van der Waals surface area contributed by atoms with Crippen LogP contribution >= 0.6 is 38.5 Å². The summed E-state index contributed by atoms with van der Waals surface area (Å²) in [7, 11) is -22.7. The number of phosphoric acid groups is 3. The molecule has 3 atom stereocenters. The van der Waals surface area contributed by atoms with Gasteiger partial charge < -0.3 is 54.0 Å². The highest BCUT2D eigenvalue weighted by molar-refractivity contribution is 8.19. The van der Waals surface area contributed by atoms with Crippen molar-refractivity contribution in [1.29, 1.82) is 0 Å². The number of carbonyl (C=O) groups excluding carboxylic acids is 4. The fourth-order valence-corrected chi connectivity index (χ4v) is 4.02. The number of carbonyl (C=O) groups is 4. The quantitative estimate of drug-likeness (QED) is 0.0275. The number of phosphoric ester groups is 3. The van der Waals surface area contributed by atoms with Gasteiger partial charge >= 0.3 is 62.3 Å². The van der Waals surface area contributed by atoms with Crippen molar-refractivity contribution >= 4 is 62.3 Å². The number of hydrogen-bond acceptors (Lipinski definition) is 19. The number of aliphatic hydroxyl groups is 1. The van der Waals surface area contributed by atoms with E-state index in [4.69, 9.17) is 24.7 Å². The van der Waals surface area contributed by atoms with E-state index < -0.39 is 88.8 Å². The lowest BCUT2D eigenvalue weighted by Gasteiger charge is -2.16. The van der Waals surface area contributed by atoms with Crippen LogP contribution in [0.5, 0.6) is 0 Å². The zero-order valence-electron chi connectivity index (χ0n) is 29.7. The largest absolute Gasteiger partial charge is 0.588 e. The van der Waals surface area contributed by atoms with Gasteiger partial charge in [-0.15, -0.1) is 0 Å². The van der Waals surface area contributed by atoms with E-state index >= 15 is 0 Å². The lowest BCUT2D eigenvalue weighted by Crippen LogP contribution is -2.11. The van der Waals surface area contributed by atoms with Gasteiger partial charge in [-0.1, -0.05) is 38.3 Å². The predicted octanol–water partition coefficient (Wildman–Crippen LogP) is 0.782. The molecule has 0 amide bonds. The molecule has 0 saturated carbocycles. The molecule has 26 nitrogen and oxygen atoms in total. The van der Waals surface area contributed by atoms with Crippen LogP contribution in [0.2, 0.25) is 0 Å². The second-order valence-corrected chi connectivity index (χ2v) is 17.5. The van der Waals surface area contributed by atoms with Crippen LogP contribution in [0.25, 0.3) is 0 Å². The number of hydrogen-bond donors (Lipinski definition) is 7. The van der Waals surface area contributed by atoms with Crippen molar-refractivity contribution in [1.82, 2.24) is 0 Å². The number of rotatable bonds is 21. The lowest BCUT2D eigenvalue weighted by molar-refractivity contribution is -0.160. The van der Waals surface area contributed by atoms with Crippen LogP contribution in [0.1, 0.15) is 35.1 Å². The van der Waals surface area contributed by atoms with Crippen LogP contribution in [-0.2, 0) is 78.8 Å². The van der Waals surface area contributed by atoms with Gasteiger partial charge in [0.2, 0.25) is 0 Å². The molecule has 56 heavy (non-hydrogen) atoms. The van der Waals surface area contributed by atoms with E-state index in [-0.39, 0.29) is 56.0 Å². The monoisotopic (exact) mass is 920 g/mol. The third-order valence-corrected chi connectivity index (χ3v) is 8.74. The molecule has 31 heteroatoms. The van der Waals surface area contributed by atoms with Crippen molar-refractivity contribution < 1.29 is 124 Å². The van der Waals surface area contributed by atoms with Gasteiger partial charge in [-0.05, 0) is 27.7 Å². The predicted molar refractivity (Wildman–Crippen MR) is 191 cm³/mol. The molecule has 0 bridgehead atoms. The Labute approximate surface area is 322 Å². The van der Waals surface area contributed by atoms with Crippen LogP contribution in [-0.4, -0.2) is 117 Å². The molecule has 0 saturated heterocycles. The molecule has 0 rings (SSSR count). The first-order chi connectivity index (χ1) is 24.3. The Hall–Kier alpha value is -2.66. The normalized spacial score (nSPS) is 12.6. The Balaban J connectivity index is -0.000000168. The first kappa shape index (κ1) is 65.2. The lowest BCUT2D eigenvalue weighted by atomic mass is 10.4. The van der Waals surface area contributed by atoms with E-state index in [9.17, 15) is 56.7 Å². The Kier molecular flexibility index (Phi) is 38.8. The maximum Gasteiger partial charge on any atom is 0.561 e. The van der Waals surface area contributed by atoms with Crippen molar-refractivity contribution in [3.05, 3.63) is 48.6 Å². The van der Waals surface area contributed by atoms with E-state index in [0.29, 0.717) is 5.57 Å². The summed E-state index contributed by atoms with van der Waals surface area (Å²) in [6.45, 7) is 16.5. The molecular formula is C25H49O26P5. The van der Waals surface area contributed by atoms with Gasteiger partial charge in [0.05, 0.1) is 26.4 Å². The van der Waals surface area contributed by atoms with E-state index in [0.717, 1.165) is 0 Å². The van der Waals surface area contributed by atoms with Gasteiger partial charge in [-0.3, -0.25) is 23.4 Å². The second kappa shape index (κ2) is 33.3. The van der Waals surface area contributed by atoms with Crippen molar-refractivity contribution in [2.75, 3.05) is 52.9 Å². The Morgan fingerprint density at radius 3 is 0.982 bits per heavy atom. The molecule has 0 spiro atoms. The van der Waals surface area contributed by atoms with Crippen molar-refractivity contribution in [2.24, 2.45) is 0 Å². The van der Waals surface area contributed by atoms with Gasteiger partial charge in [0.15, 0.2) is 0 Å². The maximum atomic E-state index is 11.5. The molecule has 0 aromatic rings. The minimum absolute atomic E-state index is 0. The Bertz CT molecular complexity index is 1440. The summed E-state index contributed by atoms with van der Waals surface area (Å²) in [6, 6.07) is 0. The van der Waals surface area contributed by atoms with Gasteiger partial charge in [0.1, 0.15) is 26.4 Å². The molecule has 9 N–H and O–H groups in total. The molecule has 0 aliphatic heterocycles. The molecule has 0 aliphatic rings. The van der Waals surface area contributed by atoms with Gasteiger partial charge in [0.25, 0.3) is 0 Å². The van der Waals surface area contributed by atoms with Crippen LogP contribution in [0, 0.1) is 0 Å². The molecule has 0 fully saturated rings. The van der Waals surface area contributed by atoms with Gasteiger partial charge in [-0.2, -0.15) is 4.31 Å². The van der Waals surface area contributed by atoms with Crippen molar-refractivity contribution in [3.63, 3.8) is 0 Å². The van der Waals surface area contributed by atoms with Gasteiger partial charge in [0, 0.05) is 22.3 Å². The Morgan fingerprint density at radius 2 is 0.786 bits per heavy atom. The highest BCUT2D eigenvalue weighted by atomic mass is 32.1. The minimum Gasteiger partial charge on any atom is -0.588 e. The Morgan fingerprint density at radius 1 is 0.554 bits per heavy atom. The number of ether oxygens (including phenoxy) is 4. The summed E-state index contributed by atoms with van der Waals surface area (Å²) in [5.74, 6) is -2.55. The van der Waals surface area contributed by atoms with Crippen LogP contribution in [0.3, 0.4) is 0 Å². The fourth-order valence-electron chi connectivity index (χ4n) is 1.67. The average Bonchev–Trinajstić information content (AvgIpc) is 3.01. The average molecular weight is 921 g/mol. The van der Waals surface area contributed by atoms with Crippen LogP contribution in [0.15, 0.2) is 48.6 Å². The SMILES string of the molecule is C.C=C(C)C(=O)OCCO.C=C(C)C(=O)OCCOP(=O)(O)O.C=C(C)C(=O)OCCOP(=O)(O)OP(=O)(O)OCCOC(=O)C(=C)C.O.O=[P+]([O-])P(=O)(O)O. The standard InChI is InChI=1S/C12H20O11P2.C6H11O6P.C6H10O3.CH4.H2O5P2.H2O/c1-9(2)11(13)19-5-7-21-24(15,16)23-25(17,18)22-8-6-20-12(14)10(3)4;1-5(2)6(7)11-3-4-12-13(8,9)10;1-5(2)6(8)9-4-3-7;;1-6(2)7(3,4)5;/h1,3,5-8H2,2,4H3,(H,15,16)(H,17,18);1,3-4H2,2H3,(H2,8,9,10);7H,1,3-4H2,2H3;1H4;(H2,3,4,5);1H2. The zero-order chi connectivity index (χ0) is 43.5. The molecule has 0 aliphatic carbocycles. The molecule has 0 aromatic heterocycles. The highest BCUT2D eigenvalue weighted by Crippen LogP contribution is 2.60. The molecule has 330 valence electrons. The smallest absolute Gasteiger partial charge is 0.561 e. The summed E-state index contributed by atoms with van der Waals surface area (Å²) in [4.78, 5) is 103. The van der Waals surface area contributed by atoms with E-state index in [1.165, 1.54) is 20.8 Å². The summed E-state index contributed by atoms with van der Waals surface area (Å²) in [6.07, 6.45) is 0. The van der Waals surface area contributed by atoms with Gasteiger partial charge in [-0.25, -0.2) is 37.4 Å². The van der Waals surface area contributed by atoms with Crippen molar-refractivity contribution in [2.45, 2.75) is 35.1 Å². The van der Waals surface area contributed by atoms with E-state index in [1.54, 1.807) is 6.92 Å². The third kappa shape index (κ3) is 45.7. The second-order valence-electron chi connectivity index (χ2n) is 9.15. The first-order valence-corrected chi connectivity index (χ1v) is 21.8. The number of esters is 4. The van der Waals surface area contributed by atoms with E-state index in [2.05, 4.69) is 63.1 Å². The fraction of sp³-hybridized carbons (Fsp3) is 0.520. The minimum atomic E-state index is -4.95. The molecule has 0 aromatic carbocycles. The zero-order valence-corrected chi connectivity index (χ0v) is 34.2. The summed E-state index contributed by atoms with van der Waals surface area (Å²) in [5.41, 5.74) is 0.799. The van der Waals surface area contributed by atoms with Crippen molar-refractivity contribution in [3.8, 4) is 0 Å².